The molecule has 0 spiro atoms. The van der Waals surface area contributed by atoms with Crippen molar-refractivity contribution in [2.24, 2.45) is 0 Å². The average Bonchev–Trinajstić information content (AvgIpc) is 2.34. The van der Waals surface area contributed by atoms with Crippen LogP contribution in [-0.2, 0) is 11.3 Å². The van der Waals surface area contributed by atoms with Crippen LogP contribution in [0.25, 0.3) is 0 Å². The summed E-state index contributed by atoms with van der Waals surface area (Å²) in [5, 5.41) is 18.1. The smallest absolute Gasteiger partial charge is 0.142 e. The van der Waals surface area contributed by atoms with Gasteiger partial charge in [-0.05, 0) is 6.07 Å². The third kappa shape index (κ3) is 3.92. The fourth-order valence-corrected chi connectivity index (χ4v) is 1.52. The molecule has 1 aromatic rings. The monoisotopic (exact) mass is 244 g/mol. The zero-order valence-corrected chi connectivity index (χ0v) is 9.77. The van der Waals surface area contributed by atoms with Crippen LogP contribution in [0.4, 0.5) is 10.2 Å². The Morgan fingerprint density at radius 2 is 2.18 bits per heavy atom. The number of anilines is 1. The van der Waals surface area contributed by atoms with Crippen molar-refractivity contribution in [1.82, 2.24) is 4.98 Å². The summed E-state index contributed by atoms with van der Waals surface area (Å²) < 4.78 is 17.9. The number of nitrogens with zero attached hydrogens (tertiary/aromatic N) is 2. The summed E-state index contributed by atoms with van der Waals surface area (Å²) in [6.07, 6.45) is 1.09. The number of aromatic nitrogens is 1. The third-order valence-corrected chi connectivity index (χ3v) is 2.31. The van der Waals surface area contributed by atoms with Crippen LogP contribution in [0.1, 0.15) is 5.56 Å². The van der Waals surface area contributed by atoms with E-state index in [4.69, 9.17) is 14.9 Å². The molecular formula is C11H17FN2O3. The number of aliphatic hydroxyl groups is 2. The van der Waals surface area contributed by atoms with Crippen LogP contribution >= 0.6 is 0 Å². The van der Waals surface area contributed by atoms with Gasteiger partial charge >= 0.3 is 0 Å². The summed E-state index contributed by atoms with van der Waals surface area (Å²) in [6, 6.07) is 1.24. The maximum atomic E-state index is 13.0. The first-order valence-electron chi connectivity index (χ1n) is 5.33. The van der Waals surface area contributed by atoms with Gasteiger partial charge in [0.05, 0.1) is 26.0 Å². The van der Waals surface area contributed by atoms with E-state index in [2.05, 4.69) is 4.98 Å². The summed E-state index contributed by atoms with van der Waals surface area (Å²) in [7, 11) is 1.57. The lowest BCUT2D eigenvalue weighted by Gasteiger charge is -2.24. The number of aliphatic hydroxyl groups excluding tert-OH is 2. The third-order valence-electron chi connectivity index (χ3n) is 2.31. The Balaban J connectivity index is 2.91. The molecule has 0 saturated carbocycles. The van der Waals surface area contributed by atoms with Crippen LogP contribution in [0.2, 0.25) is 0 Å². The van der Waals surface area contributed by atoms with Crippen LogP contribution in [0, 0.1) is 5.82 Å². The summed E-state index contributed by atoms with van der Waals surface area (Å²) in [4.78, 5) is 5.69. The molecule has 0 radical (unpaired) electrons. The second-order valence-corrected chi connectivity index (χ2v) is 3.50. The Hall–Kier alpha value is -1.24. The van der Waals surface area contributed by atoms with Crippen molar-refractivity contribution in [2.75, 3.05) is 38.3 Å². The Morgan fingerprint density at radius 1 is 1.41 bits per heavy atom. The number of ether oxygens (including phenoxy) is 1. The summed E-state index contributed by atoms with van der Waals surface area (Å²) in [5.41, 5.74) is 0.398. The molecule has 0 aliphatic rings. The van der Waals surface area contributed by atoms with Crippen LogP contribution in [0.3, 0.4) is 0 Å². The molecule has 1 aromatic heterocycles. The van der Waals surface area contributed by atoms with E-state index in [1.54, 1.807) is 12.0 Å². The fraction of sp³-hybridized carbons (Fsp3) is 0.545. The highest BCUT2D eigenvalue weighted by Gasteiger charge is 2.12. The normalized spacial score (nSPS) is 10.6. The molecule has 96 valence electrons. The quantitative estimate of drug-likeness (QED) is 0.715. The lowest BCUT2D eigenvalue weighted by molar-refractivity contribution is 0.202. The number of rotatable bonds is 7. The highest BCUT2D eigenvalue weighted by molar-refractivity contribution is 5.46. The van der Waals surface area contributed by atoms with E-state index in [1.165, 1.54) is 6.07 Å². The molecule has 0 aliphatic heterocycles. The number of hydrogen-bond acceptors (Lipinski definition) is 5. The van der Waals surface area contributed by atoms with Gasteiger partial charge in [-0.15, -0.1) is 0 Å². The molecule has 5 nitrogen and oxygen atoms in total. The van der Waals surface area contributed by atoms with Gasteiger partial charge in [0.2, 0.25) is 0 Å². The van der Waals surface area contributed by atoms with Crippen LogP contribution in [0.15, 0.2) is 12.3 Å². The molecule has 0 bridgehead atoms. The molecule has 0 aromatic carbocycles. The van der Waals surface area contributed by atoms with E-state index in [1.807, 2.05) is 0 Å². The van der Waals surface area contributed by atoms with Crippen molar-refractivity contribution in [3.8, 4) is 0 Å². The number of pyridine rings is 1. The van der Waals surface area contributed by atoms with Crippen LogP contribution in [0.5, 0.6) is 0 Å². The molecule has 2 N–H and O–H groups in total. The van der Waals surface area contributed by atoms with Crippen molar-refractivity contribution in [1.29, 1.82) is 0 Å². The Bertz CT molecular complexity index is 349. The highest BCUT2D eigenvalue weighted by atomic mass is 19.1. The molecule has 0 saturated heterocycles. The van der Waals surface area contributed by atoms with Gasteiger partial charge in [-0.3, -0.25) is 0 Å². The maximum absolute atomic E-state index is 13.0. The average molecular weight is 244 g/mol. The fourth-order valence-electron chi connectivity index (χ4n) is 1.52. The summed E-state index contributed by atoms with van der Waals surface area (Å²) >= 11 is 0. The SMILES string of the molecule is COCCN(CCO)c1ncc(F)cc1CO. The predicted octanol–water partition coefficient (Wildman–Crippen LogP) is 0.158. The van der Waals surface area contributed by atoms with Crippen molar-refractivity contribution in [3.63, 3.8) is 0 Å². The first-order chi connectivity index (χ1) is 8.22. The predicted molar refractivity (Wildman–Crippen MR) is 61.3 cm³/mol. The molecule has 0 amide bonds. The second kappa shape index (κ2) is 7.16. The molecular weight excluding hydrogens is 227 g/mol. The number of halogens is 1. The topological polar surface area (TPSA) is 65.8 Å². The minimum absolute atomic E-state index is 0.0480. The minimum atomic E-state index is -0.492. The standard InChI is InChI=1S/C11H17FN2O3/c1-17-5-3-14(2-4-15)11-9(8-16)6-10(12)7-13-11/h6-7,15-16H,2-5,8H2,1H3. The van der Waals surface area contributed by atoms with Gasteiger partial charge in [0.15, 0.2) is 0 Å². The van der Waals surface area contributed by atoms with Crippen molar-refractivity contribution in [2.45, 2.75) is 6.61 Å². The zero-order chi connectivity index (χ0) is 12.7. The van der Waals surface area contributed by atoms with Gasteiger partial charge in [0, 0.05) is 25.8 Å². The van der Waals surface area contributed by atoms with Crippen molar-refractivity contribution >= 4 is 5.82 Å². The Labute approximate surface area is 99.5 Å². The summed E-state index contributed by atoms with van der Waals surface area (Å²) in [6.45, 7) is 0.990. The maximum Gasteiger partial charge on any atom is 0.142 e. The first-order valence-corrected chi connectivity index (χ1v) is 5.33. The molecule has 0 atom stereocenters. The lowest BCUT2D eigenvalue weighted by atomic mass is 10.2. The van der Waals surface area contributed by atoms with E-state index in [0.717, 1.165) is 6.20 Å². The molecule has 0 unspecified atom stereocenters. The number of hydrogen-bond donors (Lipinski definition) is 2. The zero-order valence-electron chi connectivity index (χ0n) is 9.77. The largest absolute Gasteiger partial charge is 0.395 e. The molecule has 0 fully saturated rings. The van der Waals surface area contributed by atoms with Crippen molar-refractivity contribution in [3.05, 3.63) is 23.6 Å². The molecule has 0 aliphatic carbocycles. The summed E-state index contributed by atoms with van der Waals surface area (Å²) in [5.74, 6) is -0.0199. The van der Waals surface area contributed by atoms with E-state index < -0.39 is 5.82 Å². The number of methoxy groups -OCH3 is 1. The lowest BCUT2D eigenvalue weighted by Crippen LogP contribution is -2.31. The molecule has 1 heterocycles. The molecule has 6 heteroatoms. The Morgan fingerprint density at radius 3 is 2.76 bits per heavy atom. The molecule has 1 rings (SSSR count). The first kappa shape index (κ1) is 13.8. The highest BCUT2D eigenvalue weighted by Crippen LogP contribution is 2.18. The van der Waals surface area contributed by atoms with E-state index in [9.17, 15) is 4.39 Å². The molecule has 17 heavy (non-hydrogen) atoms. The minimum Gasteiger partial charge on any atom is -0.395 e. The van der Waals surface area contributed by atoms with E-state index in [-0.39, 0.29) is 13.2 Å². The van der Waals surface area contributed by atoms with Gasteiger partial charge < -0.3 is 19.8 Å². The van der Waals surface area contributed by atoms with Gasteiger partial charge in [-0.25, -0.2) is 9.37 Å². The van der Waals surface area contributed by atoms with Crippen molar-refractivity contribution < 1.29 is 19.3 Å². The van der Waals surface area contributed by atoms with Crippen LogP contribution < -0.4 is 4.90 Å². The van der Waals surface area contributed by atoms with Gasteiger partial charge in [0.25, 0.3) is 0 Å². The Kier molecular flexibility index (Phi) is 5.82. The van der Waals surface area contributed by atoms with E-state index >= 15 is 0 Å². The van der Waals surface area contributed by atoms with Crippen LogP contribution in [-0.4, -0.2) is 48.6 Å². The van der Waals surface area contributed by atoms with Gasteiger partial charge in [-0.2, -0.15) is 0 Å². The van der Waals surface area contributed by atoms with Gasteiger partial charge in [0.1, 0.15) is 11.6 Å². The van der Waals surface area contributed by atoms with Gasteiger partial charge in [-0.1, -0.05) is 0 Å². The second-order valence-electron chi connectivity index (χ2n) is 3.50. The van der Waals surface area contributed by atoms with E-state index in [0.29, 0.717) is 31.1 Å².